The second kappa shape index (κ2) is 5.12. The first kappa shape index (κ1) is 13.1. The smallest absolute Gasteiger partial charge is 0.126 e. The number of aromatic nitrogens is 2. The van der Waals surface area contributed by atoms with Gasteiger partial charge >= 0.3 is 0 Å². The molecule has 18 heavy (non-hydrogen) atoms. The van der Waals surface area contributed by atoms with Crippen molar-refractivity contribution in [3.63, 3.8) is 0 Å². The normalized spacial score (nSPS) is 12.7. The largest absolute Gasteiger partial charge is 0.324 e. The van der Waals surface area contributed by atoms with Crippen LogP contribution in [0.2, 0.25) is 0 Å². The summed E-state index contributed by atoms with van der Waals surface area (Å²) in [5, 5.41) is 4.12. The lowest BCUT2D eigenvalue weighted by Gasteiger charge is -2.13. The number of hydrogen-bond acceptors (Lipinski definition) is 3. The highest BCUT2D eigenvalue weighted by atomic mass is 32.2. The fraction of sp³-hybridized carbons (Fsp3) is 0.308. The van der Waals surface area contributed by atoms with E-state index < -0.39 is 0 Å². The summed E-state index contributed by atoms with van der Waals surface area (Å²) in [6, 6.07) is 3.17. The summed E-state index contributed by atoms with van der Waals surface area (Å²) in [4.78, 5) is 2.00. The van der Waals surface area contributed by atoms with Gasteiger partial charge in [-0.05, 0) is 37.1 Å². The van der Waals surface area contributed by atoms with Gasteiger partial charge in [0, 0.05) is 24.2 Å². The molecule has 96 valence electrons. The van der Waals surface area contributed by atoms with Crippen LogP contribution < -0.4 is 5.73 Å². The monoisotopic (exact) mass is 265 g/mol. The lowest BCUT2D eigenvalue weighted by molar-refractivity contribution is 0.610. The fourth-order valence-corrected chi connectivity index (χ4v) is 2.85. The van der Waals surface area contributed by atoms with Gasteiger partial charge in [-0.3, -0.25) is 4.68 Å². The third-order valence-electron chi connectivity index (χ3n) is 2.69. The molecule has 3 nitrogen and oxygen atoms in total. The molecule has 0 unspecified atom stereocenters. The van der Waals surface area contributed by atoms with Gasteiger partial charge in [0.15, 0.2) is 0 Å². The predicted octanol–water partition coefficient (Wildman–Crippen LogP) is 3.04. The summed E-state index contributed by atoms with van der Waals surface area (Å²) >= 11 is 1.56. The highest BCUT2D eigenvalue weighted by molar-refractivity contribution is 7.99. The van der Waals surface area contributed by atoms with Crippen molar-refractivity contribution in [2.75, 3.05) is 0 Å². The molecule has 2 rings (SSSR count). The highest BCUT2D eigenvalue weighted by Gasteiger charge is 2.12. The number of rotatable bonds is 3. The topological polar surface area (TPSA) is 43.8 Å². The van der Waals surface area contributed by atoms with Crippen molar-refractivity contribution in [1.82, 2.24) is 9.78 Å². The molecule has 0 radical (unpaired) electrons. The van der Waals surface area contributed by atoms with Crippen molar-refractivity contribution in [3.05, 3.63) is 41.5 Å². The Morgan fingerprint density at radius 2 is 2.17 bits per heavy atom. The SMILES string of the molecule is Cc1cc(Sc2cnn(C)c2)c([C@@H](C)N)cc1F. The summed E-state index contributed by atoms with van der Waals surface area (Å²) in [5.41, 5.74) is 7.35. The van der Waals surface area contributed by atoms with Gasteiger partial charge in [0.2, 0.25) is 0 Å². The molecule has 2 aromatic rings. The molecule has 0 bridgehead atoms. The van der Waals surface area contributed by atoms with Crippen LogP contribution in [-0.2, 0) is 7.05 Å². The average molecular weight is 265 g/mol. The summed E-state index contributed by atoms with van der Waals surface area (Å²) < 4.78 is 15.3. The van der Waals surface area contributed by atoms with Crippen molar-refractivity contribution in [3.8, 4) is 0 Å². The fourth-order valence-electron chi connectivity index (χ4n) is 1.69. The van der Waals surface area contributed by atoms with E-state index in [0.717, 1.165) is 15.4 Å². The number of hydrogen-bond donors (Lipinski definition) is 1. The molecule has 5 heteroatoms. The van der Waals surface area contributed by atoms with Crippen LogP contribution in [-0.4, -0.2) is 9.78 Å². The molecule has 0 amide bonds. The maximum absolute atomic E-state index is 13.6. The quantitative estimate of drug-likeness (QED) is 0.927. The molecule has 0 spiro atoms. The molecular formula is C13H16FN3S. The van der Waals surface area contributed by atoms with Gasteiger partial charge in [-0.2, -0.15) is 5.10 Å². The number of aryl methyl sites for hydroxylation is 2. The third-order valence-corrected chi connectivity index (χ3v) is 3.71. The molecule has 0 saturated carbocycles. The van der Waals surface area contributed by atoms with E-state index >= 15 is 0 Å². The third kappa shape index (κ3) is 2.73. The van der Waals surface area contributed by atoms with Crippen molar-refractivity contribution >= 4 is 11.8 Å². The number of halogens is 1. The van der Waals surface area contributed by atoms with E-state index in [1.54, 1.807) is 29.6 Å². The van der Waals surface area contributed by atoms with E-state index in [4.69, 9.17) is 5.73 Å². The zero-order chi connectivity index (χ0) is 13.3. The first-order valence-electron chi connectivity index (χ1n) is 5.69. The van der Waals surface area contributed by atoms with Gasteiger partial charge in [-0.25, -0.2) is 4.39 Å². The second-order valence-corrected chi connectivity index (χ2v) is 5.50. The van der Waals surface area contributed by atoms with E-state index in [2.05, 4.69) is 5.10 Å². The van der Waals surface area contributed by atoms with E-state index in [1.165, 1.54) is 6.07 Å². The standard InChI is InChI=1S/C13H16FN3S/c1-8-4-13(11(9(2)15)5-12(8)14)18-10-6-16-17(3)7-10/h4-7,9H,15H2,1-3H3/t9-/m1/s1. The van der Waals surface area contributed by atoms with Crippen LogP contribution in [0.25, 0.3) is 0 Å². The molecule has 2 N–H and O–H groups in total. The first-order chi connectivity index (χ1) is 8.47. The second-order valence-electron chi connectivity index (χ2n) is 4.38. The molecule has 0 aliphatic carbocycles. The van der Waals surface area contributed by atoms with Crippen molar-refractivity contribution in [2.45, 2.75) is 29.7 Å². The number of nitrogens with two attached hydrogens (primary N) is 1. The number of benzene rings is 1. The Labute approximate surface area is 110 Å². The van der Waals surface area contributed by atoms with Crippen LogP contribution in [0.1, 0.15) is 24.1 Å². The van der Waals surface area contributed by atoms with Gasteiger partial charge in [-0.1, -0.05) is 11.8 Å². The molecule has 1 atom stereocenters. The Morgan fingerprint density at radius 3 is 2.72 bits per heavy atom. The van der Waals surface area contributed by atoms with Crippen LogP contribution in [0.4, 0.5) is 4.39 Å². The van der Waals surface area contributed by atoms with Crippen molar-refractivity contribution in [1.29, 1.82) is 0 Å². The van der Waals surface area contributed by atoms with Crippen LogP contribution in [0, 0.1) is 12.7 Å². The molecule has 1 aromatic heterocycles. The minimum absolute atomic E-state index is 0.195. The summed E-state index contributed by atoms with van der Waals surface area (Å²) in [5.74, 6) is -0.210. The van der Waals surface area contributed by atoms with Crippen LogP contribution >= 0.6 is 11.8 Å². The van der Waals surface area contributed by atoms with Crippen LogP contribution in [0.15, 0.2) is 34.3 Å². The van der Waals surface area contributed by atoms with E-state index in [0.29, 0.717) is 5.56 Å². The summed E-state index contributed by atoms with van der Waals surface area (Å²) in [7, 11) is 1.87. The first-order valence-corrected chi connectivity index (χ1v) is 6.51. The Balaban J connectivity index is 2.39. The molecule has 0 saturated heterocycles. The Bertz CT molecular complexity index is 563. The van der Waals surface area contributed by atoms with Gasteiger partial charge in [0.05, 0.1) is 11.1 Å². The van der Waals surface area contributed by atoms with Gasteiger partial charge in [0.1, 0.15) is 5.82 Å². The Hall–Kier alpha value is -1.33. The molecular weight excluding hydrogens is 249 g/mol. The predicted molar refractivity (Wildman–Crippen MR) is 71.1 cm³/mol. The minimum Gasteiger partial charge on any atom is -0.324 e. The molecule has 0 aliphatic rings. The van der Waals surface area contributed by atoms with Gasteiger partial charge < -0.3 is 5.73 Å². The molecule has 1 aromatic carbocycles. The van der Waals surface area contributed by atoms with Crippen LogP contribution in [0.3, 0.4) is 0 Å². The van der Waals surface area contributed by atoms with Gasteiger partial charge in [0.25, 0.3) is 0 Å². The molecule has 0 fully saturated rings. The minimum atomic E-state index is -0.210. The van der Waals surface area contributed by atoms with Crippen molar-refractivity contribution in [2.24, 2.45) is 12.8 Å². The lowest BCUT2D eigenvalue weighted by atomic mass is 10.1. The van der Waals surface area contributed by atoms with Crippen molar-refractivity contribution < 1.29 is 4.39 Å². The zero-order valence-electron chi connectivity index (χ0n) is 10.6. The number of nitrogens with zero attached hydrogens (tertiary/aromatic N) is 2. The van der Waals surface area contributed by atoms with E-state index in [-0.39, 0.29) is 11.9 Å². The zero-order valence-corrected chi connectivity index (χ0v) is 11.5. The summed E-state index contributed by atoms with van der Waals surface area (Å²) in [6.45, 7) is 3.62. The Morgan fingerprint density at radius 1 is 1.44 bits per heavy atom. The highest BCUT2D eigenvalue weighted by Crippen LogP contribution is 2.34. The average Bonchev–Trinajstić information content (AvgIpc) is 2.68. The Kier molecular flexibility index (Phi) is 3.73. The van der Waals surface area contributed by atoms with E-state index in [1.807, 2.05) is 26.2 Å². The van der Waals surface area contributed by atoms with E-state index in [9.17, 15) is 4.39 Å². The maximum atomic E-state index is 13.6. The maximum Gasteiger partial charge on any atom is 0.126 e. The van der Waals surface area contributed by atoms with Gasteiger partial charge in [-0.15, -0.1) is 0 Å². The summed E-state index contributed by atoms with van der Waals surface area (Å²) in [6.07, 6.45) is 3.71. The molecule has 1 heterocycles. The van der Waals surface area contributed by atoms with Crippen LogP contribution in [0.5, 0.6) is 0 Å². The lowest BCUT2D eigenvalue weighted by Crippen LogP contribution is -2.07. The molecule has 0 aliphatic heterocycles.